The third kappa shape index (κ3) is 2.99. The fraction of sp³-hybridized carbons (Fsp3) is 0.917. The third-order valence-corrected chi connectivity index (χ3v) is 3.48. The average molecular weight is 192 g/mol. The van der Waals surface area contributed by atoms with E-state index in [1.807, 2.05) is 0 Å². The first kappa shape index (κ1) is 9.98. The molecule has 2 nitrogen and oxygen atoms in total. The Bertz CT molecular complexity index is 199. The molecule has 0 aliphatic heterocycles. The Kier molecular flexibility index (Phi) is 3.42. The topological polar surface area (TPSA) is 35.8 Å². The van der Waals surface area contributed by atoms with Crippen LogP contribution in [0, 0.1) is 29.1 Å². The van der Waals surface area contributed by atoms with Crippen LogP contribution in [0.2, 0.25) is 0 Å². The van der Waals surface area contributed by atoms with Crippen molar-refractivity contribution in [3.05, 3.63) is 0 Å². The van der Waals surface area contributed by atoms with E-state index in [0.29, 0.717) is 6.42 Å². The van der Waals surface area contributed by atoms with E-state index in [2.05, 4.69) is 11.4 Å². The molecule has 0 saturated heterocycles. The van der Waals surface area contributed by atoms with Crippen molar-refractivity contribution in [2.45, 2.75) is 38.5 Å². The number of unbranched alkanes of at least 4 members (excludes halogenated alkanes) is 1. The van der Waals surface area contributed by atoms with Gasteiger partial charge in [0.25, 0.3) is 0 Å². The molecular formula is C12H20N2. The molecule has 2 rings (SSSR count). The molecule has 2 fully saturated rings. The predicted octanol–water partition coefficient (Wildman–Crippen LogP) is 2.32. The van der Waals surface area contributed by atoms with Gasteiger partial charge in [0.05, 0.1) is 6.07 Å². The van der Waals surface area contributed by atoms with E-state index in [1.165, 1.54) is 32.2 Å². The molecule has 0 aromatic carbocycles. The van der Waals surface area contributed by atoms with E-state index in [0.717, 1.165) is 30.7 Å². The standard InChI is InChI=1S/C12H20N2/c13-7-1-2-8-14-9-12(10-3-4-10)11-5-6-11/h10-12,14H,1-6,8-9H2. The molecule has 0 spiro atoms. The molecule has 0 unspecified atom stereocenters. The van der Waals surface area contributed by atoms with Gasteiger partial charge in [-0.05, 0) is 62.9 Å². The highest BCUT2D eigenvalue weighted by Gasteiger charge is 2.40. The molecule has 0 heterocycles. The maximum Gasteiger partial charge on any atom is 0.0622 e. The summed E-state index contributed by atoms with van der Waals surface area (Å²) in [5.41, 5.74) is 0. The van der Waals surface area contributed by atoms with Gasteiger partial charge >= 0.3 is 0 Å². The van der Waals surface area contributed by atoms with Crippen LogP contribution in [-0.4, -0.2) is 13.1 Å². The summed E-state index contributed by atoms with van der Waals surface area (Å²) in [4.78, 5) is 0. The van der Waals surface area contributed by atoms with Gasteiger partial charge in [-0.3, -0.25) is 0 Å². The number of hydrogen-bond donors (Lipinski definition) is 1. The Labute approximate surface area is 86.7 Å². The van der Waals surface area contributed by atoms with Gasteiger partial charge in [-0.15, -0.1) is 0 Å². The van der Waals surface area contributed by atoms with Crippen LogP contribution in [0.15, 0.2) is 0 Å². The van der Waals surface area contributed by atoms with Crippen molar-refractivity contribution in [3.63, 3.8) is 0 Å². The molecule has 0 aromatic rings. The van der Waals surface area contributed by atoms with Gasteiger partial charge in [0.1, 0.15) is 0 Å². The molecule has 0 amide bonds. The van der Waals surface area contributed by atoms with Crippen molar-refractivity contribution in [1.82, 2.24) is 5.32 Å². The van der Waals surface area contributed by atoms with Crippen molar-refractivity contribution in [1.29, 1.82) is 5.26 Å². The monoisotopic (exact) mass is 192 g/mol. The molecule has 78 valence electrons. The normalized spacial score (nSPS) is 21.1. The molecule has 2 heteroatoms. The molecule has 14 heavy (non-hydrogen) atoms. The second-order valence-electron chi connectivity index (χ2n) is 4.80. The number of nitrogens with zero attached hydrogens (tertiary/aromatic N) is 1. The zero-order chi connectivity index (χ0) is 9.80. The van der Waals surface area contributed by atoms with E-state index >= 15 is 0 Å². The van der Waals surface area contributed by atoms with Crippen molar-refractivity contribution < 1.29 is 0 Å². The lowest BCUT2D eigenvalue weighted by atomic mass is 9.98. The van der Waals surface area contributed by atoms with Gasteiger partial charge in [-0.25, -0.2) is 0 Å². The van der Waals surface area contributed by atoms with E-state index in [4.69, 9.17) is 5.26 Å². The van der Waals surface area contributed by atoms with Crippen LogP contribution in [0.5, 0.6) is 0 Å². The summed E-state index contributed by atoms with van der Waals surface area (Å²) < 4.78 is 0. The molecule has 2 aliphatic rings. The van der Waals surface area contributed by atoms with Gasteiger partial charge < -0.3 is 5.32 Å². The maximum atomic E-state index is 8.39. The first-order valence-electron chi connectivity index (χ1n) is 5.99. The zero-order valence-electron chi connectivity index (χ0n) is 8.84. The van der Waals surface area contributed by atoms with Crippen molar-refractivity contribution in [2.75, 3.05) is 13.1 Å². The molecular weight excluding hydrogens is 172 g/mol. The summed E-state index contributed by atoms with van der Waals surface area (Å²) in [7, 11) is 0. The van der Waals surface area contributed by atoms with Gasteiger partial charge in [-0.2, -0.15) is 5.26 Å². The van der Waals surface area contributed by atoms with Gasteiger partial charge in [0.2, 0.25) is 0 Å². The molecule has 0 bridgehead atoms. The van der Waals surface area contributed by atoms with Crippen LogP contribution in [0.4, 0.5) is 0 Å². The Morgan fingerprint density at radius 2 is 1.86 bits per heavy atom. The summed E-state index contributed by atoms with van der Waals surface area (Å²) in [5, 5.41) is 11.9. The van der Waals surface area contributed by atoms with Crippen LogP contribution in [0.3, 0.4) is 0 Å². The number of hydrogen-bond acceptors (Lipinski definition) is 2. The van der Waals surface area contributed by atoms with Crippen LogP contribution in [-0.2, 0) is 0 Å². The molecule has 2 aliphatic carbocycles. The van der Waals surface area contributed by atoms with E-state index in [-0.39, 0.29) is 0 Å². The fourth-order valence-corrected chi connectivity index (χ4v) is 2.33. The van der Waals surface area contributed by atoms with Crippen molar-refractivity contribution in [3.8, 4) is 6.07 Å². The average Bonchev–Trinajstić information content (AvgIpc) is 3.03. The Balaban J connectivity index is 1.56. The van der Waals surface area contributed by atoms with Crippen LogP contribution >= 0.6 is 0 Å². The highest BCUT2D eigenvalue weighted by atomic mass is 14.9. The lowest BCUT2D eigenvalue weighted by Gasteiger charge is -2.15. The number of nitrogens with one attached hydrogen (secondary N) is 1. The number of rotatable bonds is 7. The number of nitriles is 1. The summed E-state index contributed by atoms with van der Waals surface area (Å²) in [6.07, 6.45) is 7.60. The molecule has 2 saturated carbocycles. The van der Waals surface area contributed by atoms with E-state index in [1.54, 1.807) is 0 Å². The van der Waals surface area contributed by atoms with Gasteiger partial charge in [0.15, 0.2) is 0 Å². The predicted molar refractivity (Wildman–Crippen MR) is 56.7 cm³/mol. The molecule has 0 aromatic heterocycles. The van der Waals surface area contributed by atoms with Crippen LogP contribution in [0.1, 0.15) is 38.5 Å². The van der Waals surface area contributed by atoms with Crippen molar-refractivity contribution in [2.24, 2.45) is 17.8 Å². The van der Waals surface area contributed by atoms with Crippen molar-refractivity contribution >= 4 is 0 Å². The van der Waals surface area contributed by atoms with Gasteiger partial charge in [0, 0.05) is 6.42 Å². The largest absolute Gasteiger partial charge is 0.316 e. The minimum atomic E-state index is 0.699. The molecule has 0 radical (unpaired) electrons. The SMILES string of the molecule is N#CCCCNCC(C1CC1)C1CC1. The Morgan fingerprint density at radius 3 is 2.36 bits per heavy atom. The summed E-state index contributed by atoms with van der Waals surface area (Å²) in [6.45, 7) is 2.24. The maximum absolute atomic E-state index is 8.39. The van der Waals surface area contributed by atoms with E-state index < -0.39 is 0 Å². The first-order chi connectivity index (χ1) is 6.92. The fourth-order valence-electron chi connectivity index (χ4n) is 2.33. The lowest BCUT2D eigenvalue weighted by Crippen LogP contribution is -2.26. The molecule has 0 atom stereocenters. The first-order valence-corrected chi connectivity index (χ1v) is 5.99. The summed E-state index contributed by atoms with van der Waals surface area (Å²) in [6, 6.07) is 2.19. The quantitative estimate of drug-likeness (QED) is 0.628. The third-order valence-electron chi connectivity index (χ3n) is 3.48. The minimum absolute atomic E-state index is 0.699. The van der Waals surface area contributed by atoms with Crippen LogP contribution in [0.25, 0.3) is 0 Å². The molecule has 1 N–H and O–H groups in total. The van der Waals surface area contributed by atoms with Gasteiger partial charge in [-0.1, -0.05) is 0 Å². The Morgan fingerprint density at radius 1 is 1.21 bits per heavy atom. The van der Waals surface area contributed by atoms with E-state index in [9.17, 15) is 0 Å². The highest BCUT2D eigenvalue weighted by molar-refractivity contribution is 4.92. The minimum Gasteiger partial charge on any atom is -0.316 e. The van der Waals surface area contributed by atoms with Crippen LogP contribution < -0.4 is 5.32 Å². The smallest absolute Gasteiger partial charge is 0.0622 e. The summed E-state index contributed by atoms with van der Waals surface area (Å²) in [5.74, 6) is 3.06. The lowest BCUT2D eigenvalue weighted by molar-refractivity contribution is 0.379. The second-order valence-corrected chi connectivity index (χ2v) is 4.80. The highest BCUT2D eigenvalue weighted by Crippen LogP contribution is 2.48. The zero-order valence-corrected chi connectivity index (χ0v) is 8.84. The summed E-state index contributed by atoms with van der Waals surface area (Å²) >= 11 is 0. The Hall–Kier alpha value is -0.550. The second kappa shape index (κ2) is 4.79.